The summed E-state index contributed by atoms with van der Waals surface area (Å²) >= 11 is 0. The summed E-state index contributed by atoms with van der Waals surface area (Å²) in [6.45, 7) is 0.687. The first-order valence-corrected chi connectivity index (χ1v) is 10.8. The van der Waals surface area contributed by atoms with Crippen molar-refractivity contribution < 1.29 is 13.2 Å². The Morgan fingerprint density at radius 3 is 2.61 bits per heavy atom. The van der Waals surface area contributed by atoms with Crippen molar-refractivity contribution in [1.82, 2.24) is 15.2 Å². The maximum Gasteiger partial charge on any atom is 0.252 e. The number of hydrogen-bond donors (Lipinski definition) is 3. The molecule has 0 spiro atoms. The summed E-state index contributed by atoms with van der Waals surface area (Å²) < 4.78 is 25.7. The van der Waals surface area contributed by atoms with E-state index in [9.17, 15) is 13.2 Å². The van der Waals surface area contributed by atoms with Crippen LogP contribution in [0, 0.1) is 0 Å². The van der Waals surface area contributed by atoms with Gasteiger partial charge < -0.3 is 15.2 Å². The average molecular weight is 398 g/mol. The second-order valence-corrected chi connectivity index (χ2v) is 9.13. The molecule has 2 aromatic carbocycles. The molecule has 0 bridgehead atoms. The lowest BCUT2D eigenvalue weighted by molar-refractivity contribution is 0.0960. The lowest BCUT2D eigenvalue weighted by Gasteiger charge is -2.17. The number of H-pyrrole nitrogens is 1. The van der Waals surface area contributed by atoms with E-state index in [2.05, 4.69) is 19.9 Å². The standard InChI is InChI=1S/C20H22N4O3S/c1-24(2)11-17-18(14-6-4-5-7-16(14)21-17)19-15-10-12(23-28(3,26)27)8-9-13(15)20(25)22-19/h4-10,19,21,23H,11H2,1-3H3,(H,22,25). The summed E-state index contributed by atoms with van der Waals surface area (Å²) in [5.74, 6) is -0.160. The van der Waals surface area contributed by atoms with E-state index in [0.717, 1.165) is 34.0 Å². The molecule has 1 amide bonds. The van der Waals surface area contributed by atoms with Crippen molar-refractivity contribution in [3.8, 4) is 0 Å². The zero-order valence-corrected chi connectivity index (χ0v) is 16.7. The van der Waals surface area contributed by atoms with Gasteiger partial charge in [-0.2, -0.15) is 0 Å². The molecule has 0 radical (unpaired) electrons. The number of para-hydroxylation sites is 1. The molecule has 7 nitrogen and oxygen atoms in total. The van der Waals surface area contributed by atoms with Crippen LogP contribution in [0.15, 0.2) is 42.5 Å². The Labute approximate surface area is 163 Å². The summed E-state index contributed by atoms with van der Waals surface area (Å²) in [6.07, 6.45) is 1.11. The highest BCUT2D eigenvalue weighted by Crippen LogP contribution is 2.38. The van der Waals surface area contributed by atoms with E-state index in [-0.39, 0.29) is 11.9 Å². The van der Waals surface area contributed by atoms with Crippen LogP contribution in [0.3, 0.4) is 0 Å². The molecule has 0 saturated carbocycles. The Kier molecular flexibility index (Phi) is 4.40. The molecule has 8 heteroatoms. The van der Waals surface area contributed by atoms with E-state index in [1.165, 1.54) is 0 Å². The summed E-state index contributed by atoms with van der Waals surface area (Å²) in [5, 5.41) is 4.10. The number of amides is 1. The molecule has 3 N–H and O–H groups in total. The Hall–Kier alpha value is -2.84. The van der Waals surface area contributed by atoms with E-state index in [0.29, 0.717) is 17.8 Å². The minimum absolute atomic E-state index is 0.160. The highest BCUT2D eigenvalue weighted by molar-refractivity contribution is 7.92. The molecule has 0 fully saturated rings. The van der Waals surface area contributed by atoms with Gasteiger partial charge in [0.15, 0.2) is 0 Å². The molecule has 146 valence electrons. The number of nitrogens with one attached hydrogen (secondary N) is 3. The van der Waals surface area contributed by atoms with Crippen LogP contribution in [-0.4, -0.2) is 44.6 Å². The SMILES string of the molecule is CN(C)Cc1[nH]c2ccccc2c1C1NC(=O)c2ccc(NS(C)(=O)=O)cc21. The van der Waals surface area contributed by atoms with Crippen molar-refractivity contribution in [3.05, 3.63) is 64.8 Å². The first kappa shape index (κ1) is 18.5. The number of aromatic amines is 1. The van der Waals surface area contributed by atoms with Gasteiger partial charge in [0.1, 0.15) is 0 Å². The smallest absolute Gasteiger partial charge is 0.252 e. The second-order valence-electron chi connectivity index (χ2n) is 7.38. The molecule has 2 heterocycles. The minimum atomic E-state index is -3.41. The predicted octanol–water partition coefficient (Wildman–Crippen LogP) is 2.43. The molecule has 1 aliphatic heterocycles. The molecule has 1 unspecified atom stereocenters. The lowest BCUT2D eigenvalue weighted by atomic mass is 9.95. The highest BCUT2D eigenvalue weighted by Gasteiger charge is 2.33. The van der Waals surface area contributed by atoms with Crippen molar-refractivity contribution in [2.24, 2.45) is 0 Å². The molecular weight excluding hydrogens is 376 g/mol. The number of fused-ring (bicyclic) bond motifs is 2. The zero-order valence-electron chi connectivity index (χ0n) is 15.9. The third-order valence-electron chi connectivity index (χ3n) is 4.78. The van der Waals surface area contributed by atoms with E-state index in [4.69, 9.17) is 0 Å². The molecule has 1 atom stereocenters. The van der Waals surface area contributed by atoms with Crippen molar-refractivity contribution >= 4 is 32.5 Å². The summed E-state index contributed by atoms with van der Waals surface area (Å²) in [7, 11) is 0.575. The van der Waals surface area contributed by atoms with Crippen molar-refractivity contribution in [2.45, 2.75) is 12.6 Å². The fourth-order valence-electron chi connectivity index (χ4n) is 3.79. The first-order valence-electron chi connectivity index (χ1n) is 8.90. The van der Waals surface area contributed by atoms with Gasteiger partial charge >= 0.3 is 0 Å². The van der Waals surface area contributed by atoms with E-state index in [1.807, 2.05) is 38.4 Å². The van der Waals surface area contributed by atoms with Gasteiger partial charge in [-0.05, 0) is 43.9 Å². The van der Waals surface area contributed by atoms with Crippen LogP contribution in [0.5, 0.6) is 0 Å². The van der Waals surface area contributed by atoms with Gasteiger partial charge in [0.25, 0.3) is 5.91 Å². The summed E-state index contributed by atoms with van der Waals surface area (Å²) in [5.41, 5.74) is 4.80. The van der Waals surface area contributed by atoms with Gasteiger partial charge in [-0.15, -0.1) is 0 Å². The lowest BCUT2D eigenvalue weighted by Crippen LogP contribution is -2.22. The van der Waals surface area contributed by atoms with Crippen LogP contribution in [0.4, 0.5) is 5.69 Å². The van der Waals surface area contributed by atoms with Crippen LogP contribution < -0.4 is 10.0 Å². The van der Waals surface area contributed by atoms with Gasteiger partial charge in [0, 0.05) is 40.0 Å². The number of anilines is 1. The van der Waals surface area contributed by atoms with Gasteiger partial charge in [-0.3, -0.25) is 9.52 Å². The molecular formula is C20H22N4O3S. The quantitative estimate of drug-likeness (QED) is 0.615. The second kappa shape index (κ2) is 6.65. The Bertz CT molecular complexity index is 1180. The van der Waals surface area contributed by atoms with Gasteiger partial charge in [-0.25, -0.2) is 8.42 Å². The predicted molar refractivity (Wildman–Crippen MR) is 110 cm³/mol. The fraction of sp³-hybridized carbons (Fsp3) is 0.250. The van der Waals surface area contributed by atoms with Crippen LogP contribution >= 0.6 is 0 Å². The topological polar surface area (TPSA) is 94.3 Å². The molecule has 1 aromatic heterocycles. The van der Waals surface area contributed by atoms with Crippen molar-refractivity contribution in [3.63, 3.8) is 0 Å². The molecule has 3 aromatic rings. The number of hydrogen-bond acceptors (Lipinski definition) is 4. The number of carbonyl (C=O) groups excluding carboxylic acids is 1. The molecule has 0 saturated heterocycles. The summed E-state index contributed by atoms with van der Waals surface area (Å²) in [4.78, 5) is 18.1. The maximum atomic E-state index is 12.6. The van der Waals surface area contributed by atoms with Crippen LogP contribution in [-0.2, 0) is 16.6 Å². The van der Waals surface area contributed by atoms with Crippen molar-refractivity contribution in [1.29, 1.82) is 0 Å². The molecule has 28 heavy (non-hydrogen) atoms. The highest BCUT2D eigenvalue weighted by atomic mass is 32.2. The number of rotatable bonds is 5. The Morgan fingerprint density at radius 2 is 1.89 bits per heavy atom. The number of aromatic nitrogens is 1. The third-order valence-corrected chi connectivity index (χ3v) is 5.38. The van der Waals surface area contributed by atoms with Crippen LogP contribution in [0.25, 0.3) is 10.9 Å². The molecule has 0 aliphatic carbocycles. The normalized spacial score (nSPS) is 16.4. The average Bonchev–Trinajstić information content (AvgIpc) is 3.10. The van der Waals surface area contributed by atoms with E-state index < -0.39 is 10.0 Å². The number of nitrogens with zero attached hydrogens (tertiary/aromatic N) is 1. The Balaban J connectivity index is 1.88. The number of benzene rings is 2. The maximum absolute atomic E-state index is 12.6. The molecule has 4 rings (SSSR count). The largest absolute Gasteiger partial charge is 0.357 e. The van der Waals surface area contributed by atoms with Crippen LogP contribution in [0.2, 0.25) is 0 Å². The van der Waals surface area contributed by atoms with Gasteiger partial charge in [0.05, 0.1) is 12.3 Å². The number of sulfonamides is 1. The fourth-order valence-corrected chi connectivity index (χ4v) is 4.35. The minimum Gasteiger partial charge on any atom is -0.357 e. The summed E-state index contributed by atoms with van der Waals surface area (Å²) in [6, 6.07) is 12.6. The number of carbonyl (C=O) groups is 1. The van der Waals surface area contributed by atoms with Gasteiger partial charge in [0.2, 0.25) is 10.0 Å². The van der Waals surface area contributed by atoms with E-state index >= 15 is 0 Å². The first-order chi connectivity index (χ1) is 13.2. The van der Waals surface area contributed by atoms with Crippen molar-refractivity contribution in [2.75, 3.05) is 25.1 Å². The molecule has 1 aliphatic rings. The third kappa shape index (κ3) is 3.36. The van der Waals surface area contributed by atoms with Crippen LogP contribution in [0.1, 0.15) is 33.2 Å². The monoisotopic (exact) mass is 398 g/mol. The van der Waals surface area contributed by atoms with Gasteiger partial charge in [-0.1, -0.05) is 18.2 Å². The Morgan fingerprint density at radius 1 is 1.14 bits per heavy atom. The van der Waals surface area contributed by atoms with E-state index in [1.54, 1.807) is 18.2 Å². The zero-order chi connectivity index (χ0) is 20.1.